The van der Waals surface area contributed by atoms with Gasteiger partial charge in [-0.15, -0.1) is 11.8 Å². The van der Waals surface area contributed by atoms with Gasteiger partial charge in [0.05, 0.1) is 29.1 Å². The number of carbonyl (C=O) groups is 1. The first-order chi connectivity index (χ1) is 10.8. The van der Waals surface area contributed by atoms with E-state index in [1.165, 1.54) is 0 Å². The SMILES string of the molecule is O=C1CSC(c2cn[nH]c2-c2ccccc2)c2cn[nH]c2N1. The number of benzene rings is 1. The highest BCUT2D eigenvalue weighted by Gasteiger charge is 2.28. The summed E-state index contributed by atoms with van der Waals surface area (Å²) in [4.78, 5) is 11.8. The first-order valence-corrected chi connectivity index (χ1v) is 7.91. The van der Waals surface area contributed by atoms with Crippen LogP contribution in [0, 0.1) is 0 Å². The minimum atomic E-state index is -0.0252. The molecule has 0 spiro atoms. The van der Waals surface area contributed by atoms with E-state index in [-0.39, 0.29) is 11.2 Å². The average molecular weight is 311 g/mol. The number of carbonyl (C=O) groups excluding carboxylic acids is 1. The van der Waals surface area contributed by atoms with Gasteiger partial charge in [-0.25, -0.2) is 0 Å². The van der Waals surface area contributed by atoms with E-state index in [9.17, 15) is 4.79 Å². The number of aromatic amines is 2. The second-order valence-electron chi connectivity index (χ2n) is 5.01. The lowest BCUT2D eigenvalue weighted by atomic mass is 10.0. The summed E-state index contributed by atoms with van der Waals surface area (Å²) in [6, 6.07) is 10.1. The number of fused-ring (bicyclic) bond motifs is 1. The number of hydrogen-bond donors (Lipinski definition) is 3. The number of nitrogens with zero attached hydrogens (tertiary/aromatic N) is 2. The molecule has 2 aromatic heterocycles. The number of anilines is 1. The molecule has 3 N–H and O–H groups in total. The minimum Gasteiger partial charge on any atom is -0.310 e. The van der Waals surface area contributed by atoms with Crippen molar-refractivity contribution in [2.24, 2.45) is 0 Å². The van der Waals surface area contributed by atoms with Crippen LogP contribution in [0.4, 0.5) is 5.82 Å². The Balaban J connectivity index is 1.81. The molecule has 110 valence electrons. The van der Waals surface area contributed by atoms with Crippen molar-refractivity contribution in [2.75, 3.05) is 11.1 Å². The summed E-state index contributed by atoms with van der Waals surface area (Å²) < 4.78 is 0. The third-order valence-corrected chi connectivity index (χ3v) is 4.88. The van der Waals surface area contributed by atoms with Gasteiger partial charge in [0.25, 0.3) is 0 Å². The molecule has 0 bridgehead atoms. The van der Waals surface area contributed by atoms with Crippen molar-refractivity contribution in [3.63, 3.8) is 0 Å². The summed E-state index contributed by atoms with van der Waals surface area (Å²) in [5.41, 5.74) is 4.06. The van der Waals surface area contributed by atoms with E-state index in [0.29, 0.717) is 11.6 Å². The maximum Gasteiger partial charge on any atom is 0.235 e. The molecule has 0 aliphatic carbocycles. The zero-order valence-corrected chi connectivity index (χ0v) is 12.4. The lowest BCUT2D eigenvalue weighted by Gasteiger charge is -2.13. The Morgan fingerprint density at radius 2 is 1.82 bits per heavy atom. The molecule has 0 radical (unpaired) electrons. The van der Waals surface area contributed by atoms with E-state index in [0.717, 1.165) is 22.4 Å². The van der Waals surface area contributed by atoms with Crippen LogP contribution in [-0.2, 0) is 4.79 Å². The molecule has 6 nitrogen and oxygen atoms in total. The Labute approximate surface area is 130 Å². The van der Waals surface area contributed by atoms with Crippen LogP contribution in [0.2, 0.25) is 0 Å². The Hall–Kier alpha value is -2.54. The maximum atomic E-state index is 11.8. The average Bonchev–Trinajstić information content (AvgIpc) is 3.16. The number of nitrogens with one attached hydrogen (secondary N) is 3. The molecule has 1 aliphatic heterocycles. The summed E-state index contributed by atoms with van der Waals surface area (Å²) in [6.45, 7) is 0. The monoisotopic (exact) mass is 311 g/mol. The lowest BCUT2D eigenvalue weighted by molar-refractivity contribution is -0.113. The van der Waals surface area contributed by atoms with Crippen molar-refractivity contribution >= 4 is 23.5 Å². The number of hydrogen-bond acceptors (Lipinski definition) is 4. The Kier molecular flexibility index (Phi) is 3.19. The van der Waals surface area contributed by atoms with Crippen LogP contribution in [0.15, 0.2) is 42.7 Å². The molecule has 1 aromatic carbocycles. The molecule has 3 aromatic rings. The normalized spacial score (nSPS) is 17.6. The maximum absolute atomic E-state index is 11.8. The predicted octanol–water partition coefficient (Wildman–Crippen LogP) is 2.57. The van der Waals surface area contributed by atoms with Gasteiger partial charge in [0.2, 0.25) is 5.91 Å². The van der Waals surface area contributed by atoms with Gasteiger partial charge < -0.3 is 5.32 Å². The summed E-state index contributed by atoms with van der Waals surface area (Å²) >= 11 is 1.57. The second-order valence-corrected chi connectivity index (χ2v) is 6.10. The van der Waals surface area contributed by atoms with Crippen molar-refractivity contribution in [1.29, 1.82) is 0 Å². The summed E-state index contributed by atoms with van der Waals surface area (Å²) in [7, 11) is 0. The van der Waals surface area contributed by atoms with Crippen LogP contribution in [0.3, 0.4) is 0 Å². The zero-order chi connectivity index (χ0) is 14.9. The van der Waals surface area contributed by atoms with Crippen LogP contribution < -0.4 is 5.32 Å². The van der Waals surface area contributed by atoms with Crippen LogP contribution in [0.5, 0.6) is 0 Å². The van der Waals surface area contributed by atoms with E-state index >= 15 is 0 Å². The third-order valence-electron chi connectivity index (χ3n) is 3.61. The number of amides is 1. The van der Waals surface area contributed by atoms with E-state index in [4.69, 9.17) is 0 Å². The zero-order valence-electron chi connectivity index (χ0n) is 11.5. The van der Waals surface area contributed by atoms with Gasteiger partial charge >= 0.3 is 0 Å². The molecule has 7 heteroatoms. The van der Waals surface area contributed by atoms with Crippen molar-refractivity contribution in [1.82, 2.24) is 20.4 Å². The van der Waals surface area contributed by atoms with Gasteiger partial charge in [0.15, 0.2) is 0 Å². The molecule has 4 rings (SSSR count). The number of aromatic nitrogens is 4. The van der Waals surface area contributed by atoms with Crippen molar-refractivity contribution in [3.8, 4) is 11.3 Å². The molecular formula is C15H13N5OS. The number of thioether (sulfide) groups is 1. The van der Waals surface area contributed by atoms with Crippen molar-refractivity contribution in [3.05, 3.63) is 53.9 Å². The van der Waals surface area contributed by atoms with Gasteiger partial charge in [-0.1, -0.05) is 30.3 Å². The van der Waals surface area contributed by atoms with Crippen LogP contribution in [0.25, 0.3) is 11.3 Å². The van der Waals surface area contributed by atoms with Gasteiger partial charge in [0.1, 0.15) is 5.82 Å². The third kappa shape index (κ3) is 2.19. The quantitative estimate of drug-likeness (QED) is 0.679. The summed E-state index contributed by atoms with van der Waals surface area (Å²) in [5.74, 6) is 1.04. The lowest BCUT2D eigenvalue weighted by Crippen LogP contribution is -2.12. The molecule has 1 amide bonds. The fraction of sp³-hybridized carbons (Fsp3) is 0.133. The van der Waals surface area contributed by atoms with E-state index in [1.54, 1.807) is 18.0 Å². The number of rotatable bonds is 2. The van der Waals surface area contributed by atoms with Crippen molar-refractivity contribution < 1.29 is 4.79 Å². The first-order valence-electron chi connectivity index (χ1n) is 6.86. The smallest absolute Gasteiger partial charge is 0.235 e. The first kappa shape index (κ1) is 13.1. The Bertz CT molecular complexity index is 810. The summed E-state index contributed by atoms with van der Waals surface area (Å²) in [5, 5.41) is 17.0. The van der Waals surface area contributed by atoms with E-state index in [1.807, 2.05) is 36.5 Å². The second kappa shape index (κ2) is 5.34. The van der Waals surface area contributed by atoms with Crippen LogP contribution in [0.1, 0.15) is 16.4 Å². The van der Waals surface area contributed by atoms with Gasteiger partial charge in [-0.05, 0) is 5.56 Å². The number of H-pyrrole nitrogens is 2. The highest BCUT2D eigenvalue weighted by Crippen LogP contribution is 2.43. The molecule has 3 heterocycles. The molecule has 1 atom stereocenters. The predicted molar refractivity (Wildman–Crippen MR) is 85.5 cm³/mol. The molecule has 0 saturated heterocycles. The Morgan fingerprint density at radius 1 is 1.05 bits per heavy atom. The Morgan fingerprint density at radius 3 is 2.68 bits per heavy atom. The topological polar surface area (TPSA) is 86.5 Å². The van der Waals surface area contributed by atoms with Crippen molar-refractivity contribution in [2.45, 2.75) is 5.25 Å². The van der Waals surface area contributed by atoms with Crippen LogP contribution >= 0.6 is 11.8 Å². The van der Waals surface area contributed by atoms with Gasteiger partial charge in [-0.3, -0.25) is 15.0 Å². The molecule has 0 saturated carbocycles. The summed E-state index contributed by atoms with van der Waals surface area (Å²) in [6.07, 6.45) is 3.59. The molecule has 22 heavy (non-hydrogen) atoms. The van der Waals surface area contributed by atoms with E-state index < -0.39 is 0 Å². The standard InChI is InChI=1S/C15H13N5OS/c21-12-8-22-14(11-7-17-20-15(11)18-12)10-6-16-19-13(10)9-4-2-1-3-5-9/h1-7,14H,8H2,(H,16,19)(H2,17,18,20,21). The van der Waals surface area contributed by atoms with Gasteiger partial charge in [-0.2, -0.15) is 10.2 Å². The molecule has 1 unspecified atom stereocenters. The largest absolute Gasteiger partial charge is 0.310 e. The molecular weight excluding hydrogens is 298 g/mol. The van der Waals surface area contributed by atoms with Gasteiger partial charge in [0, 0.05) is 11.1 Å². The highest BCUT2D eigenvalue weighted by atomic mass is 32.2. The van der Waals surface area contributed by atoms with E-state index in [2.05, 4.69) is 25.7 Å². The minimum absolute atomic E-state index is 0.00153. The highest BCUT2D eigenvalue weighted by molar-refractivity contribution is 8.00. The van der Waals surface area contributed by atoms with Crippen LogP contribution in [-0.4, -0.2) is 32.1 Å². The molecule has 1 aliphatic rings. The molecule has 0 fully saturated rings. The fourth-order valence-corrected chi connectivity index (χ4v) is 3.71. The fourth-order valence-electron chi connectivity index (χ4n) is 2.61.